The van der Waals surface area contributed by atoms with E-state index in [2.05, 4.69) is 41.4 Å². The van der Waals surface area contributed by atoms with Gasteiger partial charge < -0.3 is 20.1 Å². The fraction of sp³-hybridized carbons (Fsp3) is 0.667. The zero-order valence-electron chi connectivity index (χ0n) is 16.0. The van der Waals surface area contributed by atoms with Gasteiger partial charge in [-0.15, -0.1) is 24.0 Å². The summed E-state index contributed by atoms with van der Waals surface area (Å²) in [5.41, 5.74) is 1.04. The molecule has 1 aromatic rings. The van der Waals surface area contributed by atoms with Crippen molar-refractivity contribution in [3.05, 3.63) is 23.9 Å². The molecule has 0 amide bonds. The van der Waals surface area contributed by atoms with Gasteiger partial charge in [0.25, 0.3) is 0 Å². The minimum absolute atomic E-state index is 0. The Labute approximate surface area is 169 Å². The van der Waals surface area contributed by atoms with Crippen molar-refractivity contribution in [2.45, 2.75) is 46.8 Å². The van der Waals surface area contributed by atoms with Gasteiger partial charge in [-0.2, -0.15) is 0 Å². The van der Waals surface area contributed by atoms with E-state index in [1.807, 2.05) is 19.1 Å². The molecule has 2 N–H and O–H groups in total. The highest BCUT2D eigenvalue weighted by atomic mass is 127. The molecule has 1 atom stereocenters. The highest BCUT2D eigenvalue weighted by molar-refractivity contribution is 14.0. The van der Waals surface area contributed by atoms with Gasteiger partial charge in [0.1, 0.15) is 0 Å². The van der Waals surface area contributed by atoms with E-state index in [4.69, 9.17) is 9.47 Å². The Bertz CT molecular complexity index is 480. The quantitative estimate of drug-likeness (QED) is 0.316. The third kappa shape index (κ3) is 9.84. The molecule has 6 nitrogen and oxygen atoms in total. The number of nitrogens with zero attached hydrogens (tertiary/aromatic N) is 2. The molecule has 7 heteroatoms. The topological polar surface area (TPSA) is 67.8 Å². The average Bonchev–Trinajstić information content (AvgIpc) is 2.59. The maximum absolute atomic E-state index is 5.78. The first-order valence-corrected chi connectivity index (χ1v) is 8.73. The molecular weight excluding hydrogens is 431 g/mol. The van der Waals surface area contributed by atoms with Gasteiger partial charge in [0, 0.05) is 32.0 Å². The Hall–Kier alpha value is -1.09. The van der Waals surface area contributed by atoms with Crippen LogP contribution in [0, 0.1) is 5.92 Å². The molecule has 25 heavy (non-hydrogen) atoms. The maximum Gasteiger partial charge on any atom is 0.212 e. The number of guanidine groups is 1. The Kier molecular flexibility index (Phi) is 13.5. The van der Waals surface area contributed by atoms with Crippen molar-refractivity contribution < 1.29 is 9.47 Å². The smallest absolute Gasteiger partial charge is 0.212 e. The van der Waals surface area contributed by atoms with Gasteiger partial charge >= 0.3 is 0 Å². The van der Waals surface area contributed by atoms with Crippen molar-refractivity contribution in [3.63, 3.8) is 0 Å². The summed E-state index contributed by atoms with van der Waals surface area (Å²) in [5, 5.41) is 6.63. The van der Waals surface area contributed by atoms with Crippen LogP contribution in [0.25, 0.3) is 0 Å². The lowest BCUT2D eigenvalue weighted by atomic mass is 10.0. The van der Waals surface area contributed by atoms with Crippen molar-refractivity contribution >= 4 is 29.9 Å². The van der Waals surface area contributed by atoms with Gasteiger partial charge in [0.15, 0.2) is 5.96 Å². The van der Waals surface area contributed by atoms with Crippen LogP contribution in [0.1, 0.15) is 39.7 Å². The number of rotatable bonds is 10. The van der Waals surface area contributed by atoms with E-state index < -0.39 is 0 Å². The van der Waals surface area contributed by atoms with Gasteiger partial charge in [0.2, 0.25) is 5.88 Å². The largest absolute Gasteiger partial charge is 0.481 e. The third-order valence-corrected chi connectivity index (χ3v) is 3.62. The molecule has 144 valence electrons. The molecule has 0 aliphatic rings. The van der Waals surface area contributed by atoms with Crippen molar-refractivity contribution in [2.24, 2.45) is 10.9 Å². The molecule has 0 saturated carbocycles. The molecule has 0 fully saturated rings. The lowest BCUT2D eigenvalue weighted by Gasteiger charge is -2.21. The van der Waals surface area contributed by atoms with E-state index in [0.29, 0.717) is 18.3 Å². The number of methoxy groups -OCH3 is 1. The van der Waals surface area contributed by atoms with Crippen LogP contribution >= 0.6 is 24.0 Å². The predicted octanol–water partition coefficient (Wildman–Crippen LogP) is 3.21. The summed E-state index contributed by atoms with van der Waals surface area (Å²) in [5.74, 6) is 1.94. The molecule has 0 spiro atoms. The number of hydrogen-bond acceptors (Lipinski definition) is 4. The SMILES string of the molecule is CCNC(=NCc1ccc(OC)nc1)NCCC(OCC)C(C)C.I. The second kappa shape index (κ2) is 14.1. The van der Waals surface area contributed by atoms with Crippen molar-refractivity contribution in [1.82, 2.24) is 15.6 Å². The van der Waals surface area contributed by atoms with Crippen LogP contribution in [0.5, 0.6) is 5.88 Å². The summed E-state index contributed by atoms with van der Waals surface area (Å²) < 4.78 is 10.8. The standard InChI is InChI=1S/C18H32N4O2.HI/c1-6-19-18(20-11-10-16(14(3)4)24-7-2)22-13-15-8-9-17(23-5)21-12-15;/h8-9,12,14,16H,6-7,10-11,13H2,1-5H3,(H2,19,20,22);1H. The van der Waals surface area contributed by atoms with E-state index in [1.165, 1.54) is 0 Å². The molecule has 0 aromatic carbocycles. The summed E-state index contributed by atoms with van der Waals surface area (Å²) in [4.78, 5) is 8.80. The lowest BCUT2D eigenvalue weighted by Crippen LogP contribution is -2.39. The normalized spacial score (nSPS) is 12.5. The minimum atomic E-state index is 0. The number of halogens is 1. The lowest BCUT2D eigenvalue weighted by molar-refractivity contribution is 0.0258. The molecule has 1 unspecified atom stereocenters. The van der Waals surface area contributed by atoms with E-state index in [0.717, 1.165) is 37.6 Å². The van der Waals surface area contributed by atoms with Crippen LogP contribution in [0.15, 0.2) is 23.3 Å². The van der Waals surface area contributed by atoms with Crippen LogP contribution in [-0.4, -0.2) is 43.9 Å². The molecule has 0 aliphatic carbocycles. The first-order valence-electron chi connectivity index (χ1n) is 8.73. The van der Waals surface area contributed by atoms with E-state index in [-0.39, 0.29) is 30.1 Å². The molecule has 1 rings (SSSR count). The zero-order valence-corrected chi connectivity index (χ0v) is 18.4. The number of ether oxygens (including phenoxy) is 2. The van der Waals surface area contributed by atoms with Gasteiger partial charge in [-0.3, -0.25) is 0 Å². The van der Waals surface area contributed by atoms with Crippen molar-refractivity contribution in [3.8, 4) is 5.88 Å². The third-order valence-electron chi connectivity index (χ3n) is 3.62. The summed E-state index contributed by atoms with van der Waals surface area (Å²) in [6.45, 7) is 11.5. The Morgan fingerprint density at radius 1 is 1.24 bits per heavy atom. The second-order valence-electron chi connectivity index (χ2n) is 5.86. The van der Waals surface area contributed by atoms with Crippen molar-refractivity contribution in [1.29, 1.82) is 0 Å². The first kappa shape index (κ1) is 23.9. The van der Waals surface area contributed by atoms with Gasteiger partial charge in [-0.25, -0.2) is 9.98 Å². The summed E-state index contributed by atoms with van der Waals surface area (Å²) in [6, 6.07) is 3.82. The highest BCUT2D eigenvalue weighted by Gasteiger charge is 2.12. The second-order valence-corrected chi connectivity index (χ2v) is 5.86. The molecule has 0 radical (unpaired) electrons. The molecule has 0 bridgehead atoms. The predicted molar refractivity (Wildman–Crippen MR) is 114 cm³/mol. The summed E-state index contributed by atoms with van der Waals surface area (Å²) >= 11 is 0. The van der Waals surface area contributed by atoms with E-state index in [1.54, 1.807) is 13.3 Å². The van der Waals surface area contributed by atoms with Gasteiger partial charge in [0.05, 0.1) is 19.8 Å². The monoisotopic (exact) mass is 464 g/mol. The maximum atomic E-state index is 5.78. The number of aliphatic imine (C=N–C) groups is 1. The molecule has 1 aromatic heterocycles. The fourth-order valence-electron chi connectivity index (χ4n) is 2.29. The van der Waals surface area contributed by atoms with Gasteiger partial charge in [-0.1, -0.05) is 19.9 Å². The summed E-state index contributed by atoms with van der Waals surface area (Å²) in [7, 11) is 1.61. The van der Waals surface area contributed by atoms with Gasteiger partial charge in [-0.05, 0) is 31.7 Å². The van der Waals surface area contributed by atoms with Crippen LogP contribution in [-0.2, 0) is 11.3 Å². The highest BCUT2D eigenvalue weighted by Crippen LogP contribution is 2.10. The Balaban J connectivity index is 0.00000576. The first-order chi connectivity index (χ1) is 11.6. The van der Waals surface area contributed by atoms with E-state index in [9.17, 15) is 0 Å². The average molecular weight is 464 g/mol. The van der Waals surface area contributed by atoms with Crippen molar-refractivity contribution in [2.75, 3.05) is 26.8 Å². The zero-order chi connectivity index (χ0) is 17.8. The van der Waals surface area contributed by atoms with Crippen LogP contribution in [0.4, 0.5) is 0 Å². The Morgan fingerprint density at radius 2 is 2.00 bits per heavy atom. The number of hydrogen-bond donors (Lipinski definition) is 2. The molecule has 0 aliphatic heterocycles. The number of nitrogens with one attached hydrogen (secondary N) is 2. The molecular formula is C18H33IN4O2. The van der Waals surface area contributed by atoms with Crippen LogP contribution in [0.2, 0.25) is 0 Å². The number of aromatic nitrogens is 1. The molecule has 1 heterocycles. The minimum Gasteiger partial charge on any atom is -0.481 e. The number of pyridine rings is 1. The Morgan fingerprint density at radius 3 is 2.52 bits per heavy atom. The fourth-order valence-corrected chi connectivity index (χ4v) is 2.29. The summed E-state index contributed by atoms with van der Waals surface area (Å²) in [6.07, 6.45) is 3.02. The van der Waals surface area contributed by atoms with Crippen LogP contribution in [0.3, 0.4) is 0 Å². The van der Waals surface area contributed by atoms with E-state index >= 15 is 0 Å². The molecule has 0 saturated heterocycles. The van der Waals surface area contributed by atoms with Crippen LogP contribution < -0.4 is 15.4 Å².